The van der Waals surface area contributed by atoms with Crippen LogP contribution >= 0.6 is 0 Å². The number of ether oxygens (including phenoxy) is 3. The number of methoxy groups -OCH3 is 1. The van der Waals surface area contributed by atoms with Crippen molar-refractivity contribution in [2.75, 3.05) is 30.8 Å². The van der Waals surface area contributed by atoms with E-state index in [9.17, 15) is 0 Å². The van der Waals surface area contributed by atoms with Gasteiger partial charge in [0.25, 0.3) is 0 Å². The topological polar surface area (TPSA) is 57.0 Å². The summed E-state index contributed by atoms with van der Waals surface area (Å²) >= 11 is 0. The Hall–Kier alpha value is -2.04. The Kier molecular flexibility index (Phi) is 3.58. The normalized spacial score (nSPS) is 19.8. The van der Waals surface area contributed by atoms with E-state index in [1.807, 2.05) is 18.2 Å². The van der Waals surface area contributed by atoms with E-state index in [4.69, 9.17) is 19.9 Å². The van der Waals surface area contributed by atoms with Gasteiger partial charge in [-0.1, -0.05) is 0 Å². The van der Waals surface area contributed by atoms with Crippen LogP contribution in [0.15, 0.2) is 30.7 Å². The molecule has 0 atom stereocenters. The van der Waals surface area contributed by atoms with E-state index >= 15 is 0 Å². The number of hydrogen-bond acceptors (Lipinski definition) is 5. The molecule has 0 aromatic heterocycles. The highest BCUT2D eigenvalue weighted by Crippen LogP contribution is 2.34. The van der Waals surface area contributed by atoms with Crippen LogP contribution in [0.5, 0.6) is 5.75 Å². The molecule has 0 aliphatic carbocycles. The van der Waals surface area contributed by atoms with Gasteiger partial charge < -0.3 is 24.8 Å². The summed E-state index contributed by atoms with van der Waals surface area (Å²) in [5.74, 6) is 1.28. The molecule has 108 valence electrons. The maximum Gasteiger partial charge on any atom is 0.242 e. The number of nitrogens with two attached hydrogens (primary N) is 1. The predicted molar refractivity (Wildman–Crippen MR) is 77.4 cm³/mol. The first-order valence-electron chi connectivity index (χ1n) is 6.92. The van der Waals surface area contributed by atoms with E-state index in [1.54, 1.807) is 19.6 Å². The monoisotopic (exact) mass is 276 g/mol. The summed E-state index contributed by atoms with van der Waals surface area (Å²) in [5, 5.41) is 0. The zero-order valence-electron chi connectivity index (χ0n) is 11.6. The molecule has 20 heavy (non-hydrogen) atoms. The molecule has 0 radical (unpaired) electrons. The standard InChI is InChI=1S/C15H20N2O3/c1-18-14-10-12(16)2-3-13(14)17-6-4-11(5-7-17)15-19-8-9-20-15/h2-3,8-11,15H,4-7,16H2,1H3. The molecule has 0 unspecified atom stereocenters. The van der Waals surface area contributed by atoms with Crippen molar-refractivity contribution in [3.8, 4) is 5.75 Å². The molecule has 2 N–H and O–H groups in total. The Morgan fingerprint density at radius 2 is 1.90 bits per heavy atom. The second kappa shape index (κ2) is 5.53. The summed E-state index contributed by atoms with van der Waals surface area (Å²) in [5.41, 5.74) is 7.62. The van der Waals surface area contributed by atoms with E-state index < -0.39 is 0 Å². The Morgan fingerprint density at radius 3 is 2.55 bits per heavy atom. The van der Waals surface area contributed by atoms with Gasteiger partial charge in [0.2, 0.25) is 6.29 Å². The van der Waals surface area contributed by atoms with Crippen molar-refractivity contribution in [3.05, 3.63) is 30.7 Å². The number of hydrogen-bond donors (Lipinski definition) is 1. The number of nitrogens with zero attached hydrogens (tertiary/aromatic N) is 1. The van der Waals surface area contributed by atoms with Crippen molar-refractivity contribution in [3.63, 3.8) is 0 Å². The molecule has 2 aliphatic rings. The van der Waals surface area contributed by atoms with E-state index in [1.165, 1.54) is 0 Å². The molecule has 2 heterocycles. The van der Waals surface area contributed by atoms with Crippen molar-refractivity contribution in [2.24, 2.45) is 5.92 Å². The van der Waals surface area contributed by atoms with Crippen LogP contribution in [0.25, 0.3) is 0 Å². The zero-order chi connectivity index (χ0) is 13.9. The lowest BCUT2D eigenvalue weighted by atomic mass is 9.95. The molecule has 1 aromatic carbocycles. The lowest BCUT2D eigenvalue weighted by molar-refractivity contribution is -0.0728. The summed E-state index contributed by atoms with van der Waals surface area (Å²) in [6.07, 6.45) is 5.23. The van der Waals surface area contributed by atoms with E-state index in [2.05, 4.69) is 4.90 Å². The van der Waals surface area contributed by atoms with Gasteiger partial charge in [0.1, 0.15) is 18.3 Å². The van der Waals surface area contributed by atoms with Crippen LogP contribution in [0.2, 0.25) is 0 Å². The van der Waals surface area contributed by atoms with Gasteiger partial charge in [0, 0.05) is 30.8 Å². The molecular formula is C15H20N2O3. The summed E-state index contributed by atoms with van der Waals surface area (Å²) < 4.78 is 16.3. The molecule has 2 aliphatic heterocycles. The molecule has 5 nitrogen and oxygen atoms in total. The second-order valence-corrected chi connectivity index (χ2v) is 5.17. The number of anilines is 2. The highest BCUT2D eigenvalue weighted by Gasteiger charge is 2.30. The average molecular weight is 276 g/mol. The Morgan fingerprint density at radius 1 is 1.20 bits per heavy atom. The minimum Gasteiger partial charge on any atom is -0.495 e. The number of rotatable bonds is 3. The zero-order valence-corrected chi connectivity index (χ0v) is 11.6. The number of piperidine rings is 1. The van der Waals surface area contributed by atoms with Gasteiger partial charge in [-0.15, -0.1) is 0 Å². The summed E-state index contributed by atoms with van der Waals surface area (Å²) in [6.45, 7) is 1.93. The molecule has 1 fully saturated rings. The van der Waals surface area contributed by atoms with Crippen LogP contribution in [0.4, 0.5) is 11.4 Å². The lowest BCUT2D eigenvalue weighted by Gasteiger charge is -2.35. The Balaban J connectivity index is 1.65. The third kappa shape index (κ3) is 2.48. The molecule has 0 spiro atoms. The molecule has 0 amide bonds. The largest absolute Gasteiger partial charge is 0.495 e. The minimum atomic E-state index is -0.106. The number of nitrogen functional groups attached to an aromatic ring is 1. The first-order chi connectivity index (χ1) is 9.78. The molecule has 3 rings (SSSR count). The number of benzene rings is 1. The van der Waals surface area contributed by atoms with Crippen molar-refractivity contribution >= 4 is 11.4 Å². The SMILES string of the molecule is COc1cc(N)ccc1N1CCC(C2OC=CO2)CC1. The van der Waals surface area contributed by atoms with Gasteiger partial charge in [0.15, 0.2) is 0 Å². The Labute approximate surface area is 118 Å². The fourth-order valence-corrected chi connectivity index (χ4v) is 2.84. The van der Waals surface area contributed by atoms with Crippen molar-refractivity contribution in [1.29, 1.82) is 0 Å². The van der Waals surface area contributed by atoms with Crippen LogP contribution in [0.1, 0.15) is 12.8 Å². The quantitative estimate of drug-likeness (QED) is 0.859. The molecule has 0 saturated carbocycles. The lowest BCUT2D eigenvalue weighted by Crippen LogP contribution is -2.38. The summed E-state index contributed by atoms with van der Waals surface area (Å²) in [6, 6.07) is 5.81. The third-order valence-electron chi connectivity index (χ3n) is 3.95. The fraction of sp³-hybridized carbons (Fsp3) is 0.467. The second-order valence-electron chi connectivity index (χ2n) is 5.17. The maximum atomic E-state index is 5.80. The van der Waals surface area contributed by atoms with Crippen LogP contribution in [-0.4, -0.2) is 26.5 Å². The van der Waals surface area contributed by atoms with Gasteiger partial charge in [0.05, 0.1) is 12.8 Å². The van der Waals surface area contributed by atoms with E-state index in [0.29, 0.717) is 5.92 Å². The average Bonchev–Trinajstić information content (AvgIpc) is 3.01. The van der Waals surface area contributed by atoms with Gasteiger partial charge in [-0.25, -0.2) is 0 Å². The third-order valence-corrected chi connectivity index (χ3v) is 3.95. The summed E-state index contributed by atoms with van der Waals surface area (Å²) in [7, 11) is 1.68. The van der Waals surface area contributed by atoms with Crippen molar-refractivity contribution in [2.45, 2.75) is 19.1 Å². The fourth-order valence-electron chi connectivity index (χ4n) is 2.84. The van der Waals surface area contributed by atoms with E-state index in [-0.39, 0.29) is 6.29 Å². The first-order valence-corrected chi connectivity index (χ1v) is 6.92. The van der Waals surface area contributed by atoms with Gasteiger partial charge in [-0.05, 0) is 25.0 Å². The van der Waals surface area contributed by atoms with Crippen LogP contribution in [-0.2, 0) is 9.47 Å². The first kappa shape index (κ1) is 13.0. The van der Waals surface area contributed by atoms with E-state index in [0.717, 1.165) is 43.1 Å². The molecule has 0 bridgehead atoms. The highest BCUT2D eigenvalue weighted by molar-refractivity contribution is 5.64. The van der Waals surface area contributed by atoms with Gasteiger partial charge in [-0.3, -0.25) is 0 Å². The van der Waals surface area contributed by atoms with Crippen LogP contribution in [0.3, 0.4) is 0 Å². The summed E-state index contributed by atoms with van der Waals surface area (Å²) in [4.78, 5) is 2.33. The van der Waals surface area contributed by atoms with Gasteiger partial charge >= 0.3 is 0 Å². The van der Waals surface area contributed by atoms with Gasteiger partial charge in [-0.2, -0.15) is 0 Å². The molecule has 5 heteroatoms. The maximum absolute atomic E-state index is 5.80. The molecular weight excluding hydrogens is 256 g/mol. The highest BCUT2D eigenvalue weighted by atomic mass is 16.7. The minimum absolute atomic E-state index is 0.106. The van der Waals surface area contributed by atoms with Crippen molar-refractivity contribution in [1.82, 2.24) is 0 Å². The smallest absolute Gasteiger partial charge is 0.242 e. The van der Waals surface area contributed by atoms with Crippen LogP contribution in [0, 0.1) is 5.92 Å². The Bertz CT molecular complexity index is 488. The molecule has 1 saturated heterocycles. The predicted octanol–water partition coefficient (Wildman–Crippen LogP) is 2.34. The molecule has 1 aromatic rings. The van der Waals surface area contributed by atoms with Crippen molar-refractivity contribution < 1.29 is 14.2 Å². The van der Waals surface area contributed by atoms with Crippen LogP contribution < -0.4 is 15.4 Å².